The summed E-state index contributed by atoms with van der Waals surface area (Å²) in [7, 11) is 0. The van der Waals surface area contributed by atoms with Gasteiger partial charge < -0.3 is 10.3 Å². The number of aromatic nitrogens is 2. The second-order valence-electron chi connectivity index (χ2n) is 4.45. The molecule has 0 saturated heterocycles. The standard InChI is InChI=1S/C11H20N4/c1-10(2-3-12)8-14-6-7-15-5-4-13-11(15)9-14/h4-5,10H,2-3,6-9,12H2,1H3. The smallest absolute Gasteiger partial charge is 0.122 e. The van der Waals surface area contributed by atoms with Crippen LogP contribution in [-0.4, -0.2) is 34.1 Å². The Bertz CT molecular complexity index is 307. The highest BCUT2D eigenvalue weighted by Crippen LogP contribution is 2.13. The van der Waals surface area contributed by atoms with Gasteiger partial charge in [-0.2, -0.15) is 0 Å². The summed E-state index contributed by atoms with van der Waals surface area (Å²) < 4.78 is 2.24. The Hall–Kier alpha value is -0.870. The van der Waals surface area contributed by atoms with E-state index in [0.29, 0.717) is 5.92 Å². The lowest BCUT2D eigenvalue weighted by Gasteiger charge is -2.29. The number of nitrogens with two attached hydrogens (primary N) is 1. The van der Waals surface area contributed by atoms with Crippen LogP contribution in [0, 0.1) is 5.92 Å². The molecule has 0 saturated carbocycles. The quantitative estimate of drug-likeness (QED) is 0.791. The minimum absolute atomic E-state index is 0.691. The topological polar surface area (TPSA) is 47.1 Å². The largest absolute Gasteiger partial charge is 0.333 e. The van der Waals surface area contributed by atoms with Crippen molar-refractivity contribution in [1.82, 2.24) is 14.5 Å². The Kier molecular flexibility index (Phi) is 3.38. The molecule has 1 aliphatic rings. The molecule has 0 fully saturated rings. The average molecular weight is 208 g/mol. The van der Waals surface area contributed by atoms with Gasteiger partial charge in [0, 0.05) is 32.0 Å². The summed E-state index contributed by atoms with van der Waals surface area (Å²) in [6.45, 7) is 7.41. The normalized spacial score (nSPS) is 18.8. The molecule has 0 spiro atoms. The first kappa shape index (κ1) is 10.6. The van der Waals surface area contributed by atoms with Crippen LogP contribution in [0.4, 0.5) is 0 Å². The molecule has 84 valence electrons. The Morgan fingerprint density at radius 3 is 3.20 bits per heavy atom. The molecule has 1 aromatic rings. The number of nitrogens with zero attached hydrogens (tertiary/aromatic N) is 3. The fourth-order valence-electron chi connectivity index (χ4n) is 2.20. The third-order valence-corrected chi connectivity index (χ3v) is 3.05. The van der Waals surface area contributed by atoms with Gasteiger partial charge >= 0.3 is 0 Å². The fraction of sp³-hybridized carbons (Fsp3) is 0.727. The highest BCUT2D eigenvalue weighted by atomic mass is 15.2. The molecule has 4 nitrogen and oxygen atoms in total. The van der Waals surface area contributed by atoms with Crippen LogP contribution >= 0.6 is 0 Å². The average Bonchev–Trinajstić information content (AvgIpc) is 2.65. The zero-order valence-corrected chi connectivity index (χ0v) is 9.39. The van der Waals surface area contributed by atoms with Crippen molar-refractivity contribution in [3.8, 4) is 0 Å². The predicted octanol–water partition coefficient (Wildman–Crippen LogP) is 0.684. The Morgan fingerprint density at radius 2 is 2.40 bits per heavy atom. The van der Waals surface area contributed by atoms with Crippen molar-refractivity contribution in [3.05, 3.63) is 18.2 Å². The minimum atomic E-state index is 0.691. The first-order valence-electron chi connectivity index (χ1n) is 5.72. The molecule has 15 heavy (non-hydrogen) atoms. The fourth-order valence-corrected chi connectivity index (χ4v) is 2.20. The molecule has 2 N–H and O–H groups in total. The van der Waals surface area contributed by atoms with E-state index in [1.807, 2.05) is 6.20 Å². The van der Waals surface area contributed by atoms with Crippen LogP contribution in [0.15, 0.2) is 12.4 Å². The van der Waals surface area contributed by atoms with Gasteiger partial charge in [0.25, 0.3) is 0 Å². The molecule has 0 radical (unpaired) electrons. The van der Waals surface area contributed by atoms with Gasteiger partial charge in [0.05, 0.1) is 6.54 Å². The van der Waals surface area contributed by atoms with Crippen LogP contribution < -0.4 is 5.73 Å². The summed E-state index contributed by atoms with van der Waals surface area (Å²) in [5.74, 6) is 1.89. The van der Waals surface area contributed by atoms with Gasteiger partial charge in [-0.1, -0.05) is 6.92 Å². The van der Waals surface area contributed by atoms with E-state index in [4.69, 9.17) is 5.73 Å². The number of imidazole rings is 1. The van der Waals surface area contributed by atoms with Crippen LogP contribution in [0.5, 0.6) is 0 Å². The number of hydrogen-bond acceptors (Lipinski definition) is 3. The van der Waals surface area contributed by atoms with E-state index in [1.54, 1.807) is 0 Å². The minimum Gasteiger partial charge on any atom is -0.333 e. The summed E-state index contributed by atoms with van der Waals surface area (Å²) in [6, 6.07) is 0. The number of hydrogen-bond donors (Lipinski definition) is 1. The zero-order chi connectivity index (χ0) is 10.7. The molecule has 1 aliphatic heterocycles. The maximum absolute atomic E-state index is 5.56. The molecule has 4 heteroatoms. The van der Waals surface area contributed by atoms with Crippen LogP contribution in [0.25, 0.3) is 0 Å². The lowest BCUT2D eigenvalue weighted by atomic mass is 10.1. The molecule has 2 heterocycles. The molecule has 0 aromatic carbocycles. The molecule has 0 bridgehead atoms. The van der Waals surface area contributed by atoms with E-state index in [-0.39, 0.29) is 0 Å². The van der Waals surface area contributed by atoms with Crippen molar-refractivity contribution in [1.29, 1.82) is 0 Å². The summed E-state index contributed by atoms with van der Waals surface area (Å²) in [5, 5.41) is 0. The lowest BCUT2D eigenvalue weighted by molar-refractivity contribution is 0.187. The van der Waals surface area contributed by atoms with E-state index in [9.17, 15) is 0 Å². The molecule has 1 unspecified atom stereocenters. The second-order valence-corrected chi connectivity index (χ2v) is 4.45. The van der Waals surface area contributed by atoms with Crippen LogP contribution in [-0.2, 0) is 13.1 Å². The summed E-state index contributed by atoms with van der Waals surface area (Å²) in [5.41, 5.74) is 5.56. The zero-order valence-electron chi connectivity index (χ0n) is 9.39. The maximum atomic E-state index is 5.56. The molecule has 0 aliphatic carbocycles. The summed E-state index contributed by atoms with van der Waals surface area (Å²) >= 11 is 0. The SMILES string of the molecule is CC(CCN)CN1CCn2ccnc2C1. The molecule has 2 rings (SSSR count). The van der Waals surface area contributed by atoms with E-state index < -0.39 is 0 Å². The van der Waals surface area contributed by atoms with Gasteiger partial charge in [0.2, 0.25) is 0 Å². The third-order valence-electron chi connectivity index (χ3n) is 3.05. The van der Waals surface area contributed by atoms with Crippen molar-refractivity contribution in [3.63, 3.8) is 0 Å². The summed E-state index contributed by atoms with van der Waals surface area (Å²) in [6.07, 6.45) is 5.07. The Labute approximate surface area is 91.1 Å². The van der Waals surface area contributed by atoms with Crippen molar-refractivity contribution in [2.75, 3.05) is 19.6 Å². The third kappa shape index (κ3) is 2.58. The monoisotopic (exact) mass is 208 g/mol. The van der Waals surface area contributed by atoms with Gasteiger partial charge in [-0.25, -0.2) is 4.98 Å². The van der Waals surface area contributed by atoms with E-state index >= 15 is 0 Å². The number of fused-ring (bicyclic) bond motifs is 1. The summed E-state index contributed by atoms with van der Waals surface area (Å²) in [4.78, 5) is 6.83. The number of rotatable bonds is 4. The highest BCUT2D eigenvalue weighted by molar-refractivity contribution is 4.95. The van der Waals surface area contributed by atoms with Crippen molar-refractivity contribution >= 4 is 0 Å². The second kappa shape index (κ2) is 4.77. The van der Waals surface area contributed by atoms with Crippen molar-refractivity contribution in [2.24, 2.45) is 11.7 Å². The predicted molar refractivity (Wildman–Crippen MR) is 60.3 cm³/mol. The molecule has 0 amide bonds. The van der Waals surface area contributed by atoms with E-state index in [2.05, 4.69) is 27.6 Å². The Balaban J connectivity index is 1.87. The maximum Gasteiger partial charge on any atom is 0.122 e. The van der Waals surface area contributed by atoms with Crippen LogP contribution in [0.3, 0.4) is 0 Å². The van der Waals surface area contributed by atoms with Crippen LogP contribution in [0.1, 0.15) is 19.2 Å². The highest BCUT2D eigenvalue weighted by Gasteiger charge is 2.17. The molecular weight excluding hydrogens is 188 g/mol. The molecule has 1 aromatic heterocycles. The first-order chi connectivity index (χ1) is 7.29. The van der Waals surface area contributed by atoms with Gasteiger partial charge in [-0.05, 0) is 18.9 Å². The van der Waals surface area contributed by atoms with Gasteiger partial charge in [-0.3, -0.25) is 4.90 Å². The van der Waals surface area contributed by atoms with Gasteiger partial charge in [-0.15, -0.1) is 0 Å². The first-order valence-corrected chi connectivity index (χ1v) is 5.72. The van der Waals surface area contributed by atoms with Crippen LogP contribution in [0.2, 0.25) is 0 Å². The molecule has 1 atom stereocenters. The lowest BCUT2D eigenvalue weighted by Crippen LogP contribution is -2.36. The van der Waals surface area contributed by atoms with Gasteiger partial charge in [0.1, 0.15) is 5.82 Å². The van der Waals surface area contributed by atoms with E-state index in [1.165, 1.54) is 5.82 Å². The van der Waals surface area contributed by atoms with Gasteiger partial charge in [0.15, 0.2) is 0 Å². The van der Waals surface area contributed by atoms with Crippen molar-refractivity contribution in [2.45, 2.75) is 26.4 Å². The Morgan fingerprint density at radius 1 is 1.53 bits per heavy atom. The van der Waals surface area contributed by atoms with E-state index in [0.717, 1.165) is 39.1 Å². The molecular formula is C11H20N4. The van der Waals surface area contributed by atoms with Crippen molar-refractivity contribution < 1.29 is 0 Å².